The van der Waals surface area contributed by atoms with Gasteiger partial charge in [0.25, 0.3) is 0 Å². The Kier molecular flexibility index (Phi) is 5.52. The minimum Gasteiger partial charge on any atom is -0.481 e. The van der Waals surface area contributed by atoms with Gasteiger partial charge < -0.3 is 15.3 Å². The van der Waals surface area contributed by atoms with Crippen molar-refractivity contribution in [2.24, 2.45) is 5.41 Å². The number of carboxylic acid groups (broad SMARTS) is 1. The van der Waals surface area contributed by atoms with Gasteiger partial charge in [-0.3, -0.25) is 4.79 Å². The summed E-state index contributed by atoms with van der Waals surface area (Å²) in [5, 5.41) is 12.8. The number of urea groups is 1. The third-order valence-corrected chi connectivity index (χ3v) is 4.86. The molecule has 1 heterocycles. The van der Waals surface area contributed by atoms with Crippen molar-refractivity contribution in [3.63, 3.8) is 0 Å². The van der Waals surface area contributed by atoms with E-state index in [-0.39, 0.29) is 12.6 Å². The van der Waals surface area contributed by atoms with Gasteiger partial charge in [0, 0.05) is 30.1 Å². The molecule has 0 aromatic heterocycles. The van der Waals surface area contributed by atoms with Gasteiger partial charge in [0.2, 0.25) is 0 Å². The number of rotatable bonds is 4. The Balaban J connectivity index is 2.53. The van der Waals surface area contributed by atoms with Crippen molar-refractivity contribution in [1.82, 2.24) is 10.2 Å². The maximum absolute atomic E-state index is 12.1. The van der Waals surface area contributed by atoms with Crippen molar-refractivity contribution in [1.29, 1.82) is 0 Å². The first-order chi connectivity index (χ1) is 8.78. The number of hydrogen-bond acceptors (Lipinski definition) is 3. The van der Waals surface area contributed by atoms with E-state index in [0.717, 1.165) is 13.1 Å². The quantitative estimate of drug-likeness (QED) is 0.830. The predicted octanol–water partition coefficient (Wildman–Crippen LogP) is 2.02. The Bertz CT molecular complexity index is 341. The zero-order valence-electron chi connectivity index (χ0n) is 12.1. The lowest BCUT2D eigenvalue weighted by Crippen LogP contribution is -2.51. The summed E-state index contributed by atoms with van der Waals surface area (Å²) in [5.74, 6) is -0.869. The maximum atomic E-state index is 12.1. The number of carboxylic acids is 1. The highest BCUT2D eigenvalue weighted by Crippen LogP contribution is 2.25. The molecule has 1 rings (SSSR count). The summed E-state index contributed by atoms with van der Waals surface area (Å²) >= 11 is 1.88. The Morgan fingerprint density at radius 1 is 1.37 bits per heavy atom. The molecular formula is C13H24N2O3S. The minimum absolute atomic E-state index is 0.153. The molecule has 0 spiro atoms. The van der Waals surface area contributed by atoms with E-state index in [0.29, 0.717) is 16.9 Å². The van der Waals surface area contributed by atoms with Crippen molar-refractivity contribution in [2.75, 3.05) is 19.6 Å². The van der Waals surface area contributed by atoms with Gasteiger partial charge in [0.1, 0.15) is 0 Å². The van der Waals surface area contributed by atoms with Gasteiger partial charge in [-0.2, -0.15) is 11.8 Å². The zero-order chi connectivity index (χ0) is 14.6. The van der Waals surface area contributed by atoms with Crippen LogP contribution in [0.1, 0.15) is 34.1 Å². The number of hydrogen-bond donors (Lipinski definition) is 2. The molecule has 0 bridgehead atoms. The van der Waals surface area contributed by atoms with Gasteiger partial charge in [0.05, 0.1) is 5.41 Å². The van der Waals surface area contributed by atoms with Gasteiger partial charge in [-0.1, -0.05) is 20.8 Å². The summed E-state index contributed by atoms with van der Waals surface area (Å²) in [6.45, 7) is 9.30. The first kappa shape index (κ1) is 16.1. The highest BCUT2D eigenvalue weighted by molar-refractivity contribution is 8.00. The Hall–Kier alpha value is -0.910. The fourth-order valence-corrected chi connectivity index (χ4v) is 3.40. The second-order valence-electron chi connectivity index (χ2n) is 5.54. The molecule has 0 aromatic carbocycles. The number of nitrogens with one attached hydrogen (secondary N) is 1. The number of carbonyl (C=O) groups excluding carboxylic acids is 1. The SMILES string of the molecule is CCC(C)(CNC(=O)N1CC(C)SC(C)C1)C(=O)O. The lowest BCUT2D eigenvalue weighted by Gasteiger charge is -2.35. The summed E-state index contributed by atoms with van der Waals surface area (Å²) in [4.78, 5) is 25.0. The van der Waals surface area contributed by atoms with Crippen LogP contribution in [0.5, 0.6) is 0 Å². The molecule has 3 unspecified atom stereocenters. The average Bonchev–Trinajstić information content (AvgIpc) is 2.34. The van der Waals surface area contributed by atoms with Crippen LogP contribution in [0.25, 0.3) is 0 Å². The van der Waals surface area contributed by atoms with E-state index < -0.39 is 11.4 Å². The summed E-state index contributed by atoms with van der Waals surface area (Å²) in [7, 11) is 0. The molecule has 5 nitrogen and oxygen atoms in total. The molecule has 6 heteroatoms. The normalized spacial score (nSPS) is 26.6. The maximum Gasteiger partial charge on any atom is 0.317 e. The Morgan fingerprint density at radius 2 is 1.89 bits per heavy atom. The van der Waals surface area contributed by atoms with Crippen LogP contribution in [0.4, 0.5) is 4.79 Å². The lowest BCUT2D eigenvalue weighted by atomic mass is 9.88. The van der Waals surface area contributed by atoms with Crippen LogP contribution in [0, 0.1) is 5.41 Å². The van der Waals surface area contributed by atoms with Crippen molar-refractivity contribution < 1.29 is 14.7 Å². The highest BCUT2D eigenvalue weighted by atomic mass is 32.2. The van der Waals surface area contributed by atoms with E-state index in [1.807, 2.05) is 18.7 Å². The first-order valence-corrected chi connectivity index (χ1v) is 7.64. The van der Waals surface area contributed by atoms with Crippen LogP contribution in [-0.2, 0) is 4.79 Å². The fraction of sp³-hybridized carbons (Fsp3) is 0.846. The van der Waals surface area contributed by atoms with E-state index >= 15 is 0 Å². The molecule has 2 N–H and O–H groups in total. The van der Waals surface area contributed by atoms with Gasteiger partial charge in [-0.05, 0) is 13.3 Å². The molecule has 1 aliphatic heterocycles. The molecule has 19 heavy (non-hydrogen) atoms. The number of amides is 2. The Morgan fingerprint density at radius 3 is 2.32 bits per heavy atom. The molecule has 0 saturated carbocycles. The van der Waals surface area contributed by atoms with Crippen molar-refractivity contribution >= 4 is 23.8 Å². The van der Waals surface area contributed by atoms with E-state index in [2.05, 4.69) is 19.2 Å². The van der Waals surface area contributed by atoms with E-state index in [9.17, 15) is 14.7 Å². The Labute approximate surface area is 119 Å². The second kappa shape index (κ2) is 6.50. The topological polar surface area (TPSA) is 69.6 Å². The monoisotopic (exact) mass is 288 g/mol. The van der Waals surface area contributed by atoms with Gasteiger partial charge >= 0.3 is 12.0 Å². The zero-order valence-corrected chi connectivity index (χ0v) is 12.9. The van der Waals surface area contributed by atoms with Crippen LogP contribution in [0.3, 0.4) is 0 Å². The van der Waals surface area contributed by atoms with E-state index in [1.165, 1.54) is 0 Å². The molecule has 1 fully saturated rings. The van der Waals surface area contributed by atoms with Crippen molar-refractivity contribution in [2.45, 2.75) is 44.6 Å². The smallest absolute Gasteiger partial charge is 0.317 e. The number of aliphatic carboxylic acids is 1. The second-order valence-corrected chi connectivity index (χ2v) is 7.42. The molecule has 110 valence electrons. The number of thioether (sulfide) groups is 1. The lowest BCUT2D eigenvalue weighted by molar-refractivity contribution is -0.147. The number of nitrogens with zero attached hydrogens (tertiary/aromatic N) is 1. The fourth-order valence-electron chi connectivity index (χ4n) is 2.08. The molecule has 1 saturated heterocycles. The summed E-state index contributed by atoms with van der Waals surface area (Å²) in [5.41, 5.74) is -0.891. The van der Waals surface area contributed by atoms with Crippen LogP contribution in [0.15, 0.2) is 0 Å². The number of carbonyl (C=O) groups is 2. The predicted molar refractivity (Wildman–Crippen MR) is 77.5 cm³/mol. The highest BCUT2D eigenvalue weighted by Gasteiger charge is 2.33. The molecule has 0 radical (unpaired) electrons. The summed E-state index contributed by atoms with van der Waals surface area (Å²) in [6, 6.07) is -0.153. The van der Waals surface area contributed by atoms with Crippen molar-refractivity contribution in [3.05, 3.63) is 0 Å². The van der Waals surface area contributed by atoms with Crippen LogP contribution < -0.4 is 5.32 Å². The molecule has 0 aliphatic carbocycles. The first-order valence-electron chi connectivity index (χ1n) is 6.70. The van der Waals surface area contributed by atoms with Crippen molar-refractivity contribution in [3.8, 4) is 0 Å². The third kappa shape index (κ3) is 4.30. The third-order valence-electron chi connectivity index (χ3n) is 3.63. The molecule has 2 amide bonds. The molecule has 3 atom stereocenters. The molecule has 0 aromatic rings. The van der Waals surface area contributed by atoms with Crippen LogP contribution in [-0.4, -0.2) is 52.1 Å². The molecule has 1 aliphatic rings. The van der Waals surface area contributed by atoms with Gasteiger partial charge in [-0.15, -0.1) is 0 Å². The summed E-state index contributed by atoms with van der Waals surface area (Å²) in [6.07, 6.45) is 0.491. The van der Waals surface area contributed by atoms with E-state index in [1.54, 1.807) is 11.8 Å². The molecular weight excluding hydrogens is 264 g/mol. The summed E-state index contributed by atoms with van der Waals surface area (Å²) < 4.78 is 0. The van der Waals surface area contributed by atoms with Gasteiger partial charge in [0.15, 0.2) is 0 Å². The average molecular weight is 288 g/mol. The minimum atomic E-state index is -0.891. The van der Waals surface area contributed by atoms with Crippen LogP contribution in [0.2, 0.25) is 0 Å². The van der Waals surface area contributed by atoms with E-state index in [4.69, 9.17) is 0 Å². The van der Waals surface area contributed by atoms with Crippen LogP contribution >= 0.6 is 11.8 Å². The van der Waals surface area contributed by atoms with Gasteiger partial charge in [-0.25, -0.2) is 4.79 Å². The standard InChI is InChI=1S/C13H24N2O3S/c1-5-13(4,11(16)17)8-14-12(18)15-6-9(2)19-10(3)7-15/h9-10H,5-8H2,1-4H3,(H,14,18)(H,16,17). The largest absolute Gasteiger partial charge is 0.481 e.